The van der Waals surface area contributed by atoms with E-state index in [9.17, 15) is 13.2 Å². The molecule has 0 radical (unpaired) electrons. The van der Waals surface area contributed by atoms with E-state index in [4.69, 9.17) is 0 Å². The first-order valence-electron chi connectivity index (χ1n) is 7.72. The van der Waals surface area contributed by atoms with Crippen molar-refractivity contribution in [1.82, 2.24) is 10.2 Å². The number of fused-ring (bicyclic) bond motifs is 1. The van der Waals surface area contributed by atoms with Gasteiger partial charge in [-0.05, 0) is 16.3 Å². The van der Waals surface area contributed by atoms with E-state index < -0.39 is 15.1 Å². The Morgan fingerprint density at radius 2 is 1.87 bits per heavy atom. The lowest BCUT2D eigenvalue weighted by atomic mass is 10.0. The lowest BCUT2D eigenvalue weighted by Crippen LogP contribution is -2.59. The number of nitrogens with one attached hydrogen (secondary N) is 1. The number of hydrogen-bond donors (Lipinski definition) is 1. The molecule has 2 aromatic carbocycles. The van der Waals surface area contributed by atoms with Crippen molar-refractivity contribution < 1.29 is 13.2 Å². The maximum absolute atomic E-state index is 12.1. The van der Waals surface area contributed by atoms with E-state index in [1.165, 1.54) is 0 Å². The topological polar surface area (TPSA) is 66.5 Å². The van der Waals surface area contributed by atoms with E-state index in [1.54, 1.807) is 11.8 Å². The molecule has 2 aromatic rings. The van der Waals surface area contributed by atoms with Crippen molar-refractivity contribution in [2.45, 2.75) is 18.7 Å². The fraction of sp³-hybridized carbons (Fsp3) is 0.353. The number of carbonyl (C=O) groups excluding carboxylic acids is 1. The highest BCUT2D eigenvalue weighted by molar-refractivity contribution is 7.92. The summed E-state index contributed by atoms with van der Waals surface area (Å²) in [5, 5.41) is 4.72. The third kappa shape index (κ3) is 3.17. The Bertz CT molecular complexity index is 821. The summed E-state index contributed by atoms with van der Waals surface area (Å²) in [6.45, 7) is 2.65. The molecule has 23 heavy (non-hydrogen) atoms. The molecule has 3 rings (SSSR count). The SMILES string of the molecule is CCS(=O)(=O)C1CN(C(=O)NCc2cccc3ccccc23)C1. The van der Waals surface area contributed by atoms with Gasteiger partial charge in [-0.1, -0.05) is 49.4 Å². The molecule has 122 valence electrons. The van der Waals surface area contributed by atoms with Crippen LogP contribution in [0.4, 0.5) is 4.79 Å². The maximum atomic E-state index is 12.1. The van der Waals surface area contributed by atoms with Gasteiger partial charge in [0.2, 0.25) is 0 Å². The predicted molar refractivity (Wildman–Crippen MR) is 91.0 cm³/mol. The largest absolute Gasteiger partial charge is 0.334 e. The number of urea groups is 1. The third-order valence-corrected chi connectivity index (χ3v) is 6.47. The minimum atomic E-state index is -3.05. The number of hydrogen-bond acceptors (Lipinski definition) is 3. The van der Waals surface area contributed by atoms with Crippen LogP contribution in [0.3, 0.4) is 0 Å². The molecule has 1 fully saturated rings. The first-order chi connectivity index (χ1) is 11.0. The van der Waals surface area contributed by atoms with Gasteiger partial charge in [-0.3, -0.25) is 0 Å². The van der Waals surface area contributed by atoms with Crippen LogP contribution < -0.4 is 5.32 Å². The normalized spacial score (nSPS) is 15.4. The number of sulfone groups is 1. The van der Waals surface area contributed by atoms with Crippen LogP contribution >= 0.6 is 0 Å². The fourth-order valence-electron chi connectivity index (χ4n) is 2.80. The van der Waals surface area contributed by atoms with Gasteiger partial charge in [0.05, 0.1) is 5.25 Å². The summed E-state index contributed by atoms with van der Waals surface area (Å²) >= 11 is 0. The molecule has 1 aliphatic rings. The van der Waals surface area contributed by atoms with Crippen LogP contribution in [0.5, 0.6) is 0 Å². The zero-order valence-electron chi connectivity index (χ0n) is 13.0. The van der Waals surface area contributed by atoms with Gasteiger partial charge in [0.1, 0.15) is 0 Å². The molecule has 0 atom stereocenters. The molecular formula is C17H20N2O3S. The van der Waals surface area contributed by atoms with Crippen LogP contribution in [-0.4, -0.2) is 43.4 Å². The van der Waals surface area contributed by atoms with Crippen LogP contribution in [0.25, 0.3) is 10.8 Å². The minimum Gasteiger partial charge on any atom is -0.334 e. The Labute approximate surface area is 136 Å². The molecule has 1 heterocycles. The lowest BCUT2D eigenvalue weighted by molar-refractivity contribution is 0.169. The molecule has 1 N–H and O–H groups in total. The number of likely N-dealkylation sites (tertiary alicyclic amines) is 1. The van der Waals surface area contributed by atoms with Gasteiger partial charge in [-0.25, -0.2) is 13.2 Å². The van der Waals surface area contributed by atoms with Crippen molar-refractivity contribution in [1.29, 1.82) is 0 Å². The highest BCUT2D eigenvalue weighted by Gasteiger charge is 2.38. The Morgan fingerprint density at radius 3 is 2.61 bits per heavy atom. The van der Waals surface area contributed by atoms with Crippen molar-refractivity contribution in [2.24, 2.45) is 0 Å². The van der Waals surface area contributed by atoms with Crippen LogP contribution in [0.15, 0.2) is 42.5 Å². The number of carbonyl (C=O) groups is 1. The Kier molecular flexibility index (Phi) is 4.26. The summed E-state index contributed by atoms with van der Waals surface area (Å²) in [6.07, 6.45) is 0. The zero-order chi connectivity index (χ0) is 16.4. The summed E-state index contributed by atoms with van der Waals surface area (Å²) in [5.74, 6) is 0.128. The van der Waals surface area contributed by atoms with Crippen molar-refractivity contribution in [2.75, 3.05) is 18.8 Å². The van der Waals surface area contributed by atoms with Crippen LogP contribution in [-0.2, 0) is 16.4 Å². The maximum Gasteiger partial charge on any atom is 0.317 e. The average Bonchev–Trinajstić information content (AvgIpc) is 2.51. The first kappa shape index (κ1) is 15.8. The highest BCUT2D eigenvalue weighted by Crippen LogP contribution is 2.19. The lowest BCUT2D eigenvalue weighted by Gasteiger charge is -2.38. The van der Waals surface area contributed by atoms with Crippen LogP contribution in [0.2, 0.25) is 0 Å². The van der Waals surface area contributed by atoms with Gasteiger partial charge >= 0.3 is 6.03 Å². The van der Waals surface area contributed by atoms with Crippen LogP contribution in [0, 0.1) is 0 Å². The standard InChI is InChI=1S/C17H20N2O3S/c1-2-23(21,22)15-11-19(12-15)17(20)18-10-14-8-5-7-13-6-3-4-9-16(13)14/h3-9,15H,2,10-12H2,1H3,(H,18,20). The monoisotopic (exact) mass is 332 g/mol. The van der Waals surface area contributed by atoms with Crippen molar-refractivity contribution in [3.8, 4) is 0 Å². The van der Waals surface area contributed by atoms with E-state index in [0.29, 0.717) is 6.54 Å². The molecule has 0 bridgehead atoms. The zero-order valence-corrected chi connectivity index (χ0v) is 13.8. The molecule has 2 amide bonds. The second kappa shape index (κ2) is 6.20. The smallest absolute Gasteiger partial charge is 0.317 e. The number of rotatable bonds is 4. The molecular weight excluding hydrogens is 312 g/mol. The van der Waals surface area contributed by atoms with Crippen molar-refractivity contribution >= 4 is 26.6 Å². The minimum absolute atomic E-state index is 0.128. The van der Waals surface area contributed by atoms with Gasteiger partial charge in [0.25, 0.3) is 0 Å². The third-order valence-electron chi connectivity index (χ3n) is 4.36. The van der Waals surface area contributed by atoms with E-state index in [-0.39, 0.29) is 24.9 Å². The summed E-state index contributed by atoms with van der Waals surface area (Å²) in [7, 11) is -3.05. The second-order valence-electron chi connectivity index (χ2n) is 5.78. The molecule has 1 saturated heterocycles. The van der Waals surface area contributed by atoms with E-state index in [0.717, 1.165) is 16.3 Å². The molecule has 0 unspecified atom stereocenters. The van der Waals surface area contributed by atoms with Gasteiger partial charge in [-0.15, -0.1) is 0 Å². The van der Waals surface area contributed by atoms with E-state index in [2.05, 4.69) is 5.32 Å². The van der Waals surface area contributed by atoms with Crippen LogP contribution in [0.1, 0.15) is 12.5 Å². The van der Waals surface area contributed by atoms with Gasteiger partial charge in [-0.2, -0.15) is 0 Å². The van der Waals surface area contributed by atoms with Gasteiger partial charge in [0.15, 0.2) is 9.84 Å². The fourth-order valence-corrected chi connectivity index (χ4v) is 4.08. The second-order valence-corrected chi connectivity index (χ2v) is 8.35. The molecule has 0 spiro atoms. The van der Waals surface area contributed by atoms with Crippen molar-refractivity contribution in [3.63, 3.8) is 0 Å². The molecule has 0 aromatic heterocycles. The quantitative estimate of drug-likeness (QED) is 0.933. The van der Waals surface area contributed by atoms with E-state index in [1.807, 2.05) is 42.5 Å². The van der Waals surface area contributed by atoms with Crippen molar-refractivity contribution in [3.05, 3.63) is 48.0 Å². The summed E-state index contributed by atoms with van der Waals surface area (Å²) in [6, 6.07) is 13.8. The van der Waals surface area contributed by atoms with Gasteiger partial charge in [0, 0.05) is 25.4 Å². The summed E-state index contributed by atoms with van der Waals surface area (Å²) in [4.78, 5) is 13.7. The first-order valence-corrected chi connectivity index (χ1v) is 9.44. The molecule has 1 aliphatic heterocycles. The summed E-state index contributed by atoms with van der Waals surface area (Å²) < 4.78 is 23.4. The Balaban J connectivity index is 1.60. The number of benzene rings is 2. The molecule has 5 nitrogen and oxygen atoms in total. The Hall–Kier alpha value is -2.08. The van der Waals surface area contributed by atoms with E-state index >= 15 is 0 Å². The number of amides is 2. The summed E-state index contributed by atoms with van der Waals surface area (Å²) in [5.41, 5.74) is 1.05. The molecule has 0 aliphatic carbocycles. The number of nitrogens with zero attached hydrogens (tertiary/aromatic N) is 1. The average molecular weight is 332 g/mol. The molecule has 6 heteroatoms. The Morgan fingerprint density at radius 1 is 1.17 bits per heavy atom. The van der Waals surface area contributed by atoms with Gasteiger partial charge < -0.3 is 10.2 Å². The predicted octanol–water partition coefficient (Wildman–Crippen LogP) is 2.17. The highest BCUT2D eigenvalue weighted by atomic mass is 32.2. The molecule has 0 saturated carbocycles.